The molecule has 1 fully saturated rings. The standard InChI is InChI=1S/C14H15NO/c16-9-12(10-5-6-10)7-11-8-15-14-4-2-1-3-13(11)14/h1-4,8-10,12,15H,5-7H2. The molecular weight excluding hydrogens is 198 g/mol. The zero-order chi connectivity index (χ0) is 11.0. The monoisotopic (exact) mass is 213 g/mol. The summed E-state index contributed by atoms with van der Waals surface area (Å²) in [5, 5.41) is 1.26. The van der Waals surface area contributed by atoms with Crippen molar-refractivity contribution in [3.8, 4) is 0 Å². The number of aromatic amines is 1. The lowest BCUT2D eigenvalue weighted by molar-refractivity contribution is -0.111. The van der Waals surface area contributed by atoms with Crippen molar-refractivity contribution in [2.45, 2.75) is 19.3 Å². The molecule has 1 heterocycles. The first kappa shape index (κ1) is 9.64. The average Bonchev–Trinajstić information content (AvgIpc) is 3.08. The van der Waals surface area contributed by atoms with Crippen molar-refractivity contribution < 1.29 is 4.79 Å². The Morgan fingerprint density at radius 2 is 2.19 bits per heavy atom. The Bertz CT molecular complexity index is 510. The minimum absolute atomic E-state index is 0.221. The Balaban J connectivity index is 1.90. The van der Waals surface area contributed by atoms with Gasteiger partial charge in [-0.15, -0.1) is 0 Å². The Kier molecular flexibility index (Phi) is 2.28. The second-order valence-corrected chi connectivity index (χ2v) is 4.70. The van der Waals surface area contributed by atoms with Gasteiger partial charge in [0.2, 0.25) is 0 Å². The van der Waals surface area contributed by atoms with Crippen LogP contribution in [-0.4, -0.2) is 11.3 Å². The molecule has 1 aliphatic rings. The molecule has 0 aliphatic heterocycles. The zero-order valence-electron chi connectivity index (χ0n) is 9.15. The number of hydrogen-bond donors (Lipinski definition) is 1. The Morgan fingerprint density at radius 3 is 2.94 bits per heavy atom. The van der Waals surface area contributed by atoms with Crippen LogP contribution in [0.25, 0.3) is 10.9 Å². The van der Waals surface area contributed by atoms with Crippen molar-refractivity contribution >= 4 is 17.2 Å². The molecule has 0 bridgehead atoms. The van der Waals surface area contributed by atoms with E-state index in [-0.39, 0.29) is 5.92 Å². The van der Waals surface area contributed by atoms with Crippen LogP contribution >= 0.6 is 0 Å². The van der Waals surface area contributed by atoms with Crippen LogP contribution in [0.1, 0.15) is 18.4 Å². The summed E-state index contributed by atoms with van der Waals surface area (Å²) >= 11 is 0. The fourth-order valence-electron chi connectivity index (χ4n) is 2.40. The van der Waals surface area contributed by atoms with E-state index in [4.69, 9.17) is 0 Å². The topological polar surface area (TPSA) is 32.9 Å². The van der Waals surface area contributed by atoms with Crippen LogP contribution in [0, 0.1) is 11.8 Å². The second kappa shape index (κ2) is 3.78. The van der Waals surface area contributed by atoms with E-state index in [9.17, 15) is 4.79 Å². The minimum atomic E-state index is 0.221. The Hall–Kier alpha value is -1.57. The number of carbonyl (C=O) groups excluding carboxylic acids is 1. The van der Waals surface area contributed by atoms with Crippen LogP contribution in [0.5, 0.6) is 0 Å². The fraction of sp³-hybridized carbons (Fsp3) is 0.357. The van der Waals surface area contributed by atoms with Crippen LogP contribution in [0.4, 0.5) is 0 Å². The third-order valence-electron chi connectivity index (χ3n) is 3.53. The van der Waals surface area contributed by atoms with E-state index in [1.165, 1.54) is 23.8 Å². The quantitative estimate of drug-likeness (QED) is 0.778. The van der Waals surface area contributed by atoms with Crippen LogP contribution in [0.3, 0.4) is 0 Å². The van der Waals surface area contributed by atoms with Gasteiger partial charge in [0.15, 0.2) is 0 Å². The molecule has 1 N–H and O–H groups in total. The second-order valence-electron chi connectivity index (χ2n) is 4.70. The van der Waals surface area contributed by atoms with Gasteiger partial charge in [0, 0.05) is 23.0 Å². The number of carbonyl (C=O) groups is 1. The molecule has 1 saturated carbocycles. The highest BCUT2D eigenvalue weighted by molar-refractivity contribution is 5.83. The summed E-state index contributed by atoms with van der Waals surface area (Å²) in [6, 6.07) is 8.27. The smallest absolute Gasteiger partial charge is 0.123 e. The first-order chi connectivity index (χ1) is 7.88. The maximum atomic E-state index is 11.0. The number of fused-ring (bicyclic) bond motifs is 1. The molecule has 1 aromatic heterocycles. The summed E-state index contributed by atoms with van der Waals surface area (Å²) < 4.78 is 0. The van der Waals surface area contributed by atoms with E-state index in [0.717, 1.165) is 18.2 Å². The number of rotatable bonds is 4. The predicted octanol–water partition coefficient (Wildman–Crippen LogP) is 2.94. The number of para-hydroxylation sites is 1. The molecule has 2 heteroatoms. The summed E-state index contributed by atoms with van der Waals surface area (Å²) in [6.45, 7) is 0. The SMILES string of the molecule is O=CC(Cc1c[nH]c2ccccc12)C1CC1. The van der Waals surface area contributed by atoms with Crippen LogP contribution in [0.2, 0.25) is 0 Å². The van der Waals surface area contributed by atoms with Crippen LogP contribution in [0.15, 0.2) is 30.5 Å². The molecule has 2 aromatic rings. The van der Waals surface area contributed by atoms with Crippen LogP contribution < -0.4 is 0 Å². The van der Waals surface area contributed by atoms with Gasteiger partial charge in [-0.05, 0) is 36.8 Å². The van der Waals surface area contributed by atoms with Gasteiger partial charge in [0.25, 0.3) is 0 Å². The molecule has 1 atom stereocenters. The highest BCUT2D eigenvalue weighted by atomic mass is 16.1. The van der Waals surface area contributed by atoms with E-state index >= 15 is 0 Å². The van der Waals surface area contributed by atoms with Gasteiger partial charge in [-0.1, -0.05) is 18.2 Å². The van der Waals surface area contributed by atoms with Crippen molar-refractivity contribution in [1.82, 2.24) is 4.98 Å². The molecule has 0 saturated heterocycles. The van der Waals surface area contributed by atoms with Crippen molar-refractivity contribution in [3.05, 3.63) is 36.0 Å². The van der Waals surface area contributed by atoms with Crippen molar-refractivity contribution in [3.63, 3.8) is 0 Å². The molecule has 2 nitrogen and oxygen atoms in total. The van der Waals surface area contributed by atoms with E-state index in [1.807, 2.05) is 18.3 Å². The molecule has 0 amide bonds. The molecule has 3 rings (SSSR count). The van der Waals surface area contributed by atoms with Crippen molar-refractivity contribution in [2.75, 3.05) is 0 Å². The maximum Gasteiger partial charge on any atom is 0.123 e. The fourth-order valence-corrected chi connectivity index (χ4v) is 2.40. The van der Waals surface area contributed by atoms with Gasteiger partial charge in [-0.2, -0.15) is 0 Å². The Morgan fingerprint density at radius 1 is 1.38 bits per heavy atom. The van der Waals surface area contributed by atoms with Crippen LogP contribution in [-0.2, 0) is 11.2 Å². The number of H-pyrrole nitrogens is 1. The third-order valence-corrected chi connectivity index (χ3v) is 3.53. The molecule has 82 valence electrons. The summed E-state index contributed by atoms with van der Waals surface area (Å²) in [5.74, 6) is 0.866. The first-order valence-electron chi connectivity index (χ1n) is 5.89. The molecule has 0 radical (unpaired) electrons. The third kappa shape index (κ3) is 1.64. The number of benzene rings is 1. The number of aromatic nitrogens is 1. The normalized spacial score (nSPS) is 17.5. The lowest BCUT2D eigenvalue weighted by Gasteiger charge is -2.07. The largest absolute Gasteiger partial charge is 0.361 e. The number of nitrogens with one attached hydrogen (secondary N) is 1. The molecule has 16 heavy (non-hydrogen) atoms. The highest BCUT2D eigenvalue weighted by Gasteiger charge is 2.31. The molecule has 1 aromatic carbocycles. The van der Waals surface area contributed by atoms with Crippen molar-refractivity contribution in [2.24, 2.45) is 11.8 Å². The lowest BCUT2D eigenvalue weighted by atomic mass is 9.96. The van der Waals surface area contributed by atoms with E-state index < -0.39 is 0 Å². The van der Waals surface area contributed by atoms with Gasteiger partial charge in [0.1, 0.15) is 6.29 Å². The van der Waals surface area contributed by atoms with Gasteiger partial charge in [-0.3, -0.25) is 0 Å². The number of aldehydes is 1. The first-order valence-corrected chi connectivity index (χ1v) is 5.89. The summed E-state index contributed by atoms with van der Waals surface area (Å²) in [7, 11) is 0. The van der Waals surface area contributed by atoms with E-state index in [1.54, 1.807) is 0 Å². The minimum Gasteiger partial charge on any atom is -0.361 e. The summed E-state index contributed by atoms with van der Waals surface area (Å²) in [4.78, 5) is 14.3. The summed E-state index contributed by atoms with van der Waals surface area (Å²) in [6.07, 6.45) is 6.53. The predicted molar refractivity (Wildman–Crippen MR) is 64.3 cm³/mol. The maximum absolute atomic E-state index is 11.0. The average molecular weight is 213 g/mol. The molecule has 1 aliphatic carbocycles. The summed E-state index contributed by atoms with van der Waals surface area (Å²) in [5.41, 5.74) is 2.44. The highest BCUT2D eigenvalue weighted by Crippen LogP contribution is 2.38. The lowest BCUT2D eigenvalue weighted by Crippen LogP contribution is -2.07. The Labute approximate surface area is 94.7 Å². The van der Waals surface area contributed by atoms with Gasteiger partial charge < -0.3 is 9.78 Å². The van der Waals surface area contributed by atoms with Crippen molar-refractivity contribution in [1.29, 1.82) is 0 Å². The van der Waals surface area contributed by atoms with Gasteiger partial charge >= 0.3 is 0 Å². The van der Waals surface area contributed by atoms with E-state index in [2.05, 4.69) is 17.1 Å². The molecule has 1 unspecified atom stereocenters. The number of hydrogen-bond acceptors (Lipinski definition) is 1. The molecule has 0 spiro atoms. The van der Waals surface area contributed by atoms with Gasteiger partial charge in [-0.25, -0.2) is 0 Å². The molecular formula is C14H15NO. The zero-order valence-corrected chi connectivity index (χ0v) is 9.15. The van der Waals surface area contributed by atoms with E-state index in [0.29, 0.717) is 5.92 Å². The van der Waals surface area contributed by atoms with Gasteiger partial charge in [0.05, 0.1) is 0 Å².